The molecule has 1 aromatic rings. The van der Waals surface area contributed by atoms with Crippen LogP contribution < -0.4 is 10.1 Å². The number of hydrogen-bond acceptors (Lipinski definition) is 4. The van der Waals surface area contributed by atoms with Crippen LogP contribution in [-0.2, 0) is 4.79 Å². The van der Waals surface area contributed by atoms with Gasteiger partial charge in [-0.15, -0.1) is 0 Å². The standard InChI is InChI=1S/C15H22N2O4/c1-3-4-8-17(2)11-21-13-7-5-6-12(9-13)15(20)16-10-14(18)19/h5-7,9H,3-4,8,10-11H2,1-2H3,(H,16,20)(H,18,19). The van der Waals surface area contributed by atoms with Crippen LogP contribution in [0.4, 0.5) is 0 Å². The van der Waals surface area contributed by atoms with Crippen molar-refractivity contribution in [3.63, 3.8) is 0 Å². The molecular weight excluding hydrogens is 272 g/mol. The molecule has 0 aliphatic rings. The fraction of sp³-hybridized carbons (Fsp3) is 0.467. The minimum atomic E-state index is -1.08. The Balaban J connectivity index is 2.51. The molecule has 0 bridgehead atoms. The second kappa shape index (κ2) is 8.97. The maximum Gasteiger partial charge on any atom is 0.322 e. The molecule has 2 N–H and O–H groups in total. The average Bonchev–Trinajstić information content (AvgIpc) is 2.48. The molecule has 0 aliphatic heterocycles. The molecule has 0 aliphatic carbocycles. The van der Waals surface area contributed by atoms with E-state index >= 15 is 0 Å². The van der Waals surface area contributed by atoms with Crippen molar-refractivity contribution < 1.29 is 19.4 Å². The lowest BCUT2D eigenvalue weighted by molar-refractivity contribution is -0.135. The second-order valence-corrected chi connectivity index (χ2v) is 4.81. The molecule has 0 saturated heterocycles. The molecule has 0 radical (unpaired) electrons. The zero-order valence-electron chi connectivity index (χ0n) is 12.5. The summed E-state index contributed by atoms with van der Waals surface area (Å²) in [6, 6.07) is 6.69. The highest BCUT2D eigenvalue weighted by atomic mass is 16.5. The van der Waals surface area contributed by atoms with Gasteiger partial charge in [-0.3, -0.25) is 14.5 Å². The van der Waals surface area contributed by atoms with E-state index in [0.717, 1.165) is 19.4 Å². The highest BCUT2D eigenvalue weighted by Crippen LogP contribution is 2.13. The molecule has 21 heavy (non-hydrogen) atoms. The first-order chi connectivity index (χ1) is 10.0. The van der Waals surface area contributed by atoms with Crippen molar-refractivity contribution in [2.75, 3.05) is 26.9 Å². The number of carbonyl (C=O) groups is 2. The van der Waals surface area contributed by atoms with Gasteiger partial charge in [0.05, 0.1) is 0 Å². The Hall–Kier alpha value is -2.08. The Morgan fingerprint density at radius 2 is 2.14 bits per heavy atom. The Morgan fingerprint density at radius 3 is 2.81 bits per heavy atom. The molecule has 1 amide bonds. The van der Waals surface area contributed by atoms with Gasteiger partial charge in [-0.05, 0) is 31.7 Å². The molecular formula is C15H22N2O4. The van der Waals surface area contributed by atoms with E-state index in [-0.39, 0.29) is 0 Å². The number of nitrogens with one attached hydrogen (secondary N) is 1. The molecule has 6 heteroatoms. The van der Waals surface area contributed by atoms with Crippen LogP contribution in [0.2, 0.25) is 0 Å². The van der Waals surface area contributed by atoms with Crippen molar-refractivity contribution in [3.05, 3.63) is 29.8 Å². The van der Waals surface area contributed by atoms with E-state index in [4.69, 9.17) is 9.84 Å². The third-order valence-corrected chi connectivity index (χ3v) is 2.84. The topological polar surface area (TPSA) is 78.9 Å². The van der Waals surface area contributed by atoms with Crippen molar-refractivity contribution in [3.8, 4) is 5.75 Å². The van der Waals surface area contributed by atoms with Crippen LogP contribution in [0.15, 0.2) is 24.3 Å². The minimum Gasteiger partial charge on any atom is -0.480 e. The van der Waals surface area contributed by atoms with Gasteiger partial charge in [-0.25, -0.2) is 0 Å². The molecule has 1 aromatic carbocycles. The van der Waals surface area contributed by atoms with E-state index in [2.05, 4.69) is 17.1 Å². The zero-order chi connectivity index (χ0) is 15.7. The summed E-state index contributed by atoms with van der Waals surface area (Å²) in [5.74, 6) is -0.920. The van der Waals surface area contributed by atoms with Gasteiger partial charge in [0.1, 0.15) is 19.0 Å². The monoisotopic (exact) mass is 294 g/mol. The molecule has 1 rings (SSSR count). The SMILES string of the molecule is CCCCN(C)COc1cccc(C(=O)NCC(=O)O)c1. The largest absolute Gasteiger partial charge is 0.480 e. The molecule has 0 spiro atoms. The van der Waals surface area contributed by atoms with E-state index in [1.165, 1.54) is 0 Å². The fourth-order valence-corrected chi connectivity index (χ4v) is 1.66. The predicted octanol–water partition coefficient (Wildman–Crippen LogP) is 1.57. The Labute approximate surface area is 124 Å². The first-order valence-electron chi connectivity index (χ1n) is 6.94. The van der Waals surface area contributed by atoms with Crippen LogP contribution in [0, 0.1) is 0 Å². The first-order valence-corrected chi connectivity index (χ1v) is 6.94. The number of amides is 1. The van der Waals surface area contributed by atoms with Crippen LogP contribution >= 0.6 is 0 Å². The smallest absolute Gasteiger partial charge is 0.322 e. The molecule has 0 fully saturated rings. The van der Waals surface area contributed by atoms with E-state index in [9.17, 15) is 9.59 Å². The van der Waals surface area contributed by atoms with Crippen LogP contribution in [0.3, 0.4) is 0 Å². The number of aliphatic carboxylic acids is 1. The summed E-state index contributed by atoms with van der Waals surface area (Å²) < 4.78 is 5.61. The second-order valence-electron chi connectivity index (χ2n) is 4.81. The van der Waals surface area contributed by atoms with Gasteiger partial charge >= 0.3 is 5.97 Å². The number of carboxylic acids is 1. The van der Waals surface area contributed by atoms with Gasteiger partial charge in [0, 0.05) is 12.1 Å². The van der Waals surface area contributed by atoms with Crippen LogP contribution in [0.1, 0.15) is 30.1 Å². The van der Waals surface area contributed by atoms with Gasteiger partial charge in [0.2, 0.25) is 0 Å². The van der Waals surface area contributed by atoms with E-state index in [1.54, 1.807) is 24.3 Å². The van der Waals surface area contributed by atoms with Crippen LogP contribution in [-0.4, -0.2) is 48.8 Å². The number of hydrogen-bond donors (Lipinski definition) is 2. The van der Waals surface area contributed by atoms with Crippen molar-refractivity contribution in [1.29, 1.82) is 0 Å². The zero-order valence-corrected chi connectivity index (χ0v) is 12.5. The van der Waals surface area contributed by atoms with Gasteiger partial charge in [0.25, 0.3) is 5.91 Å². The number of benzene rings is 1. The third kappa shape index (κ3) is 6.76. The van der Waals surface area contributed by atoms with Crippen molar-refractivity contribution in [2.45, 2.75) is 19.8 Å². The maximum absolute atomic E-state index is 11.7. The maximum atomic E-state index is 11.7. The van der Waals surface area contributed by atoms with Crippen molar-refractivity contribution >= 4 is 11.9 Å². The lowest BCUT2D eigenvalue weighted by atomic mass is 10.2. The summed E-state index contributed by atoms with van der Waals surface area (Å²) in [7, 11) is 1.97. The van der Waals surface area contributed by atoms with Crippen molar-refractivity contribution in [1.82, 2.24) is 10.2 Å². The number of carboxylic acid groups (broad SMARTS) is 1. The third-order valence-electron chi connectivity index (χ3n) is 2.84. The van der Waals surface area contributed by atoms with Gasteiger partial charge in [0.15, 0.2) is 0 Å². The normalized spacial score (nSPS) is 10.4. The molecule has 0 heterocycles. The average molecular weight is 294 g/mol. The summed E-state index contributed by atoms with van der Waals surface area (Å²) in [5, 5.41) is 10.8. The first kappa shape index (κ1) is 17.0. The van der Waals surface area contributed by atoms with Gasteiger partial charge < -0.3 is 15.2 Å². The highest BCUT2D eigenvalue weighted by molar-refractivity contribution is 5.96. The number of rotatable bonds is 9. The summed E-state index contributed by atoms with van der Waals surface area (Å²) in [6.45, 7) is 3.13. The number of ether oxygens (including phenoxy) is 1. The quantitative estimate of drug-likeness (QED) is 0.676. The minimum absolute atomic E-state index is 0.380. The van der Waals surface area contributed by atoms with Crippen LogP contribution in [0.5, 0.6) is 5.75 Å². The molecule has 0 unspecified atom stereocenters. The Kier molecular flexibility index (Phi) is 7.25. The summed E-state index contributed by atoms with van der Waals surface area (Å²) in [5.41, 5.74) is 0.380. The molecule has 6 nitrogen and oxygen atoms in total. The Morgan fingerprint density at radius 1 is 1.38 bits per heavy atom. The molecule has 0 aromatic heterocycles. The number of unbranched alkanes of at least 4 members (excludes halogenated alkanes) is 1. The summed E-state index contributed by atoms with van der Waals surface area (Å²) in [6.07, 6.45) is 2.24. The van der Waals surface area contributed by atoms with E-state index in [1.807, 2.05) is 7.05 Å². The summed E-state index contributed by atoms with van der Waals surface area (Å²) >= 11 is 0. The number of nitrogens with zero attached hydrogens (tertiary/aromatic N) is 1. The highest BCUT2D eigenvalue weighted by Gasteiger charge is 2.08. The Bertz CT molecular complexity index is 476. The predicted molar refractivity (Wildman–Crippen MR) is 79.4 cm³/mol. The molecule has 0 atom stereocenters. The lowest BCUT2D eigenvalue weighted by Crippen LogP contribution is -2.29. The van der Waals surface area contributed by atoms with Gasteiger partial charge in [-0.2, -0.15) is 0 Å². The van der Waals surface area contributed by atoms with E-state index < -0.39 is 18.4 Å². The molecule has 0 saturated carbocycles. The van der Waals surface area contributed by atoms with E-state index in [0.29, 0.717) is 18.0 Å². The van der Waals surface area contributed by atoms with Gasteiger partial charge in [-0.1, -0.05) is 19.4 Å². The molecule has 116 valence electrons. The van der Waals surface area contributed by atoms with Crippen molar-refractivity contribution in [2.24, 2.45) is 0 Å². The lowest BCUT2D eigenvalue weighted by Gasteiger charge is -2.17. The number of carbonyl (C=O) groups excluding carboxylic acids is 1. The summed E-state index contributed by atoms with van der Waals surface area (Å²) in [4.78, 5) is 24.2. The fourth-order valence-electron chi connectivity index (χ4n) is 1.66. The van der Waals surface area contributed by atoms with Crippen LogP contribution in [0.25, 0.3) is 0 Å².